The monoisotopic (exact) mass is 245 g/mol. The highest BCUT2D eigenvalue weighted by Crippen LogP contribution is 2.20. The lowest BCUT2D eigenvalue weighted by atomic mass is 10.1. The second kappa shape index (κ2) is 5.73. The molecule has 0 amide bonds. The van der Waals surface area contributed by atoms with Crippen molar-refractivity contribution < 1.29 is 0 Å². The molecule has 0 aliphatic carbocycles. The average Bonchev–Trinajstić information content (AvgIpc) is 2.86. The zero-order valence-corrected chi connectivity index (χ0v) is 11.0. The minimum absolute atomic E-state index is 0.0129. The maximum absolute atomic E-state index is 4.37. The maximum Gasteiger partial charge on any atom is 0.151 e. The molecule has 1 atom stereocenters. The normalized spacial score (nSPS) is 12.9. The van der Waals surface area contributed by atoms with Gasteiger partial charge in [0.2, 0.25) is 0 Å². The van der Waals surface area contributed by atoms with Crippen molar-refractivity contribution >= 4 is 0 Å². The number of hydrogen-bond donors (Lipinski definition) is 1. The molecule has 5 heteroatoms. The van der Waals surface area contributed by atoms with E-state index in [9.17, 15) is 0 Å². The smallest absolute Gasteiger partial charge is 0.151 e. The zero-order chi connectivity index (χ0) is 13.0. The Morgan fingerprint density at radius 3 is 2.56 bits per heavy atom. The van der Waals surface area contributed by atoms with Gasteiger partial charge in [0, 0.05) is 24.6 Å². The van der Waals surface area contributed by atoms with Gasteiger partial charge in [-0.3, -0.25) is 4.68 Å². The molecule has 0 saturated heterocycles. The molecule has 1 unspecified atom stereocenters. The molecule has 0 aliphatic rings. The Kier molecular flexibility index (Phi) is 4.04. The molecule has 96 valence electrons. The Bertz CT molecular complexity index is 477. The van der Waals surface area contributed by atoms with Crippen LogP contribution in [0.2, 0.25) is 0 Å². The van der Waals surface area contributed by atoms with Crippen LogP contribution in [0.15, 0.2) is 30.7 Å². The van der Waals surface area contributed by atoms with Crippen LogP contribution in [0.5, 0.6) is 0 Å². The van der Waals surface area contributed by atoms with E-state index in [-0.39, 0.29) is 6.04 Å². The molecule has 0 spiro atoms. The van der Waals surface area contributed by atoms with Gasteiger partial charge in [0.25, 0.3) is 0 Å². The summed E-state index contributed by atoms with van der Waals surface area (Å²) in [6, 6.07) is 4.15. The van der Waals surface area contributed by atoms with Crippen LogP contribution < -0.4 is 5.32 Å². The maximum atomic E-state index is 4.37. The summed E-state index contributed by atoms with van der Waals surface area (Å²) in [5.41, 5.74) is 1.10. The molecular weight excluding hydrogens is 226 g/mol. The summed E-state index contributed by atoms with van der Waals surface area (Å²) in [6.07, 6.45) is 5.36. The van der Waals surface area contributed by atoms with Gasteiger partial charge in [0.05, 0.1) is 5.69 Å². The SMILES string of the molecule is CCNC(c1ncccn1)c1ccnn1C(C)C. The number of hydrogen-bond acceptors (Lipinski definition) is 4. The van der Waals surface area contributed by atoms with Crippen molar-refractivity contribution in [2.75, 3.05) is 6.54 Å². The van der Waals surface area contributed by atoms with Gasteiger partial charge in [-0.15, -0.1) is 0 Å². The Balaban J connectivity index is 2.39. The van der Waals surface area contributed by atoms with Crippen LogP contribution in [0, 0.1) is 0 Å². The molecule has 0 saturated carbocycles. The first-order valence-corrected chi connectivity index (χ1v) is 6.27. The van der Waals surface area contributed by atoms with Crippen LogP contribution in [0.1, 0.15) is 44.4 Å². The van der Waals surface area contributed by atoms with E-state index in [2.05, 4.69) is 41.2 Å². The third-order valence-electron chi connectivity index (χ3n) is 2.74. The van der Waals surface area contributed by atoms with Gasteiger partial charge in [0.15, 0.2) is 5.82 Å². The van der Waals surface area contributed by atoms with Crippen LogP contribution in [0.25, 0.3) is 0 Å². The molecule has 0 aromatic carbocycles. The van der Waals surface area contributed by atoms with Gasteiger partial charge in [-0.2, -0.15) is 5.10 Å². The quantitative estimate of drug-likeness (QED) is 0.874. The van der Waals surface area contributed by atoms with Crippen LogP contribution in [-0.4, -0.2) is 26.3 Å². The van der Waals surface area contributed by atoms with Crippen molar-refractivity contribution in [3.05, 3.63) is 42.2 Å². The van der Waals surface area contributed by atoms with Crippen molar-refractivity contribution in [2.45, 2.75) is 32.9 Å². The first-order valence-electron chi connectivity index (χ1n) is 6.27. The highest BCUT2D eigenvalue weighted by atomic mass is 15.3. The fourth-order valence-corrected chi connectivity index (χ4v) is 1.98. The minimum Gasteiger partial charge on any atom is -0.303 e. The van der Waals surface area contributed by atoms with E-state index in [1.54, 1.807) is 12.4 Å². The lowest BCUT2D eigenvalue weighted by molar-refractivity contribution is 0.468. The van der Waals surface area contributed by atoms with Crippen LogP contribution in [0.3, 0.4) is 0 Å². The molecule has 2 heterocycles. The Morgan fingerprint density at radius 1 is 1.22 bits per heavy atom. The topological polar surface area (TPSA) is 55.6 Å². The van der Waals surface area contributed by atoms with Crippen LogP contribution in [-0.2, 0) is 0 Å². The standard InChI is InChI=1S/C13H19N5/c1-4-14-12(13-15-7-5-8-16-13)11-6-9-17-18(11)10(2)3/h5-10,12,14H,4H2,1-3H3. The molecule has 0 bridgehead atoms. The lowest BCUT2D eigenvalue weighted by Crippen LogP contribution is -2.27. The average molecular weight is 245 g/mol. The summed E-state index contributed by atoms with van der Waals surface area (Å²) in [5.74, 6) is 0.779. The van der Waals surface area contributed by atoms with Crippen molar-refractivity contribution in [2.24, 2.45) is 0 Å². The minimum atomic E-state index is -0.0129. The van der Waals surface area contributed by atoms with Gasteiger partial charge >= 0.3 is 0 Å². The second-order valence-electron chi connectivity index (χ2n) is 4.39. The highest BCUT2D eigenvalue weighted by Gasteiger charge is 2.20. The highest BCUT2D eigenvalue weighted by molar-refractivity contribution is 5.17. The van der Waals surface area contributed by atoms with Crippen LogP contribution in [0.4, 0.5) is 0 Å². The van der Waals surface area contributed by atoms with E-state index in [1.807, 2.05) is 23.0 Å². The van der Waals surface area contributed by atoms with Crippen molar-refractivity contribution in [3.8, 4) is 0 Å². The van der Waals surface area contributed by atoms with Crippen molar-refractivity contribution in [3.63, 3.8) is 0 Å². The van der Waals surface area contributed by atoms with E-state index in [1.165, 1.54) is 0 Å². The summed E-state index contributed by atoms with van der Waals surface area (Å²) in [6.45, 7) is 7.16. The van der Waals surface area contributed by atoms with Crippen molar-refractivity contribution in [1.29, 1.82) is 0 Å². The molecule has 0 radical (unpaired) electrons. The van der Waals surface area contributed by atoms with E-state index in [4.69, 9.17) is 0 Å². The summed E-state index contributed by atoms with van der Waals surface area (Å²) < 4.78 is 2.00. The van der Waals surface area contributed by atoms with Gasteiger partial charge < -0.3 is 5.32 Å². The number of nitrogens with zero attached hydrogens (tertiary/aromatic N) is 4. The van der Waals surface area contributed by atoms with Gasteiger partial charge in [0.1, 0.15) is 6.04 Å². The Hall–Kier alpha value is -1.75. The van der Waals surface area contributed by atoms with E-state index < -0.39 is 0 Å². The molecule has 0 aliphatic heterocycles. The predicted molar refractivity (Wildman–Crippen MR) is 70.2 cm³/mol. The van der Waals surface area contributed by atoms with Gasteiger partial charge in [-0.25, -0.2) is 9.97 Å². The molecule has 2 aromatic rings. The molecule has 0 fully saturated rings. The molecule has 2 aromatic heterocycles. The summed E-state index contributed by atoms with van der Waals surface area (Å²) in [5, 5.41) is 7.78. The van der Waals surface area contributed by atoms with Gasteiger partial charge in [-0.1, -0.05) is 6.92 Å². The first-order chi connectivity index (χ1) is 8.74. The molecule has 5 nitrogen and oxygen atoms in total. The Morgan fingerprint density at radius 2 is 1.94 bits per heavy atom. The largest absolute Gasteiger partial charge is 0.303 e. The number of nitrogens with one attached hydrogen (secondary N) is 1. The van der Waals surface area contributed by atoms with E-state index in [0.29, 0.717) is 6.04 Å². The zero-order valence-electron chi connectivity index (χ0n) is 11.0. The van der Waals surface area contributed by atoms with Crippen molar-refractivity contribution in [1.82, 2.24) is 25.1 Å². The molecule has 1 N–H and O–H groups in total. The first kappa shape index (κ1) is 12.7. The molecule has 2 rings (SSSR count). The molecular formula is C13H19N5. The lowest BCUT2D eigenvalue weighted by Gasteiger charge is -2.19. The summed E-state index contributed by atoms with van der Waals surface area (Å²) >= 11 is 0. The number of rotatable bonds is 5. The fourth-order valence-electron chi connectivity index (χ4n) is 1.98. The van der Waals surface area contributed by atoms with E-state index >= 15 is 0 Å². The molecule has 18 heavy (non-hydrogen) atoms. The van der Waals surface area contributed by atoms with E-state index in [0.717, 1.165) is 18.1 Å². The predicted octanol–water partition coefficient (Wildman–Crippen LogP) is 1.95. The summed E-state index contributed by atoms with van der Waals surface area (Å²) in [7, 11) is 0. The van der Waals surface area contributed by atoms with Crippen LogP contribution >= 0.6 is 0 Å². The second-order valence-corrected chi connectivity index (χ2v) is 4.39. The third-order valence-corrected chi connectivity index (χ3v) is 2.74. The van der Waals surface area contributed by atoms with Gasteiger partial charge in [-0.05, 0) is 32.5 Å². The fraction of sp³-hybridized carbons (Fsp3) is 0.462. The Labute approximate surface area is 107 Å². The summed E-state index contributed by atoms with van der Waals surface area (Å²) in [4.78, 5) is 8.68. The third kappa shape index (κ3) is 2.56. The number of aromatic nitrogens is 4.